The highest BCUT2D eigenvalue weighted by Crippen LogP contribution is 2.47. The van der Waals surface area contributed by atoms with Crippen molar-refractivity contribution in [1.82, 2.24) is 5.32 Å². The van der Waals surface area contributed by atoms with Crippen LogP contribution in [0.3, 0.4) is 0 Å². The van der Waals surface area contributed by atoms with Gasteiger partial charge in [0.2, 0.25) is 0 Å². The zero-order chi connectivity index (χ0) is 17.3. The van der Waals surface area contributed by atoms with Gasteiger partial charge in [0, 0.05) is 23.7 Å². The molecule has 5 nitrogen and oxygen atoms in total. The number of hydrogen-bond acceptors (Lipinski definition) is 3. The van der Waals surface area contributed by atoms with Crippen molar-refractivity contribution in [2.24, 2.45) is 0 Å². The Bertz CT molecular complexity index is 788. The number of carbonyl (C=O) groups is 1. The van der Waals surface area contributed by atoms with Crippen molar-refractivity contribution < 1.29 is 18.7 Å². The van der Waals surface area contributed by atoms with E-state index < -0.39 is 0 Å². The van der Waals surface area contributed by atoms with Gasteiger partial charge in [0.05, 0.1) is 0 Å². The van der Waals surface area contributed by atoms with Gasteiger partial charge in [0.15, 0.2) is 11.5 Å². The van der Waals surface area contributed by atoms with E-state index in [9.17, 15) is 9.18 Å². The van der Waals surface area contributed by atoms with E-state index in [2.05, 4.69) is 10.6 Å². The number of amides is 2. The second kappa shape index (κ2) is 6.27. The molecule has 0 spiro atoms. The van der Waals surface area contributed by atoms with Crippen LogP contribution >= 0.6 is 0 Å². The summed E-state index contributed by atoms with van der Waals surface area (Å²) in [6.07, 6.45) is 1.98. The molecule has 0 atom stereocenters. The van der Waals surface area contributed by atoms with Crippen LogP contribution in [0.1, 0.15) is 18.4 Å². The molecular weight excluding hydrogens is 323 g/mol. The molecule has 2 aromatic carbocycles. The number of benzene rings is 2. The molecule has 2 N–H and O–H groups in total. The first kappa shape index (κ1) is 15.7. The van der Waals surface area contributed by atoms with Crippen molar-refractivity contribution in [3.05, 3.63) is 53.8 Å². The summed E-state index contributed by atoms with van der Waals surface area (Å²) in [5.41, 5.74) is 1.64. The number of urea groups is 1. The Morgan fingerprint density at radius 1 is 1.04 bits per heavy atom. The standard InChI is InChI=1S/C19H19FN2O3/c20-14-3-1-13(2-4-14)19(7-8-19)12-21-18(23)22-15-5-6-16-17(11-15)25-10-9-24-16/h1-6,11H,7-10,12H2,(H2,21,22,23). The minimum absolute atomic E-state index is 0.0716. The number of carbonyl (C=O) groups excluding carboxylic acids is 1. The maximum Gasteiger partial charge on any atom is 0.319 e. The Kier molecular flexibility index (Phi) is 3.95. The van der Waals surface area contributed by atoms with Crippen molar-refractivity contribution >= 4 is 11.7 Å². The average Bonchev–Trinajstić information content (AvgIpc) is 3.42. The quantitative estimate of drug-likeness (QED) is 0.895. The lowest BCUT2D eigenvalue weighted by molar-refractivity contribution is 0.171. The molecule has 0 bridgehead atoms. The number of ether oxygens (including phenoxy) is 2. The summed E-state index contributed by atoms with van der Waals surface area (Å²) in [6, 6.07) is 11.6. The Labute approximate surface area is 145 Å². The molecule has 1 heterocycles. The van der Waals surface area contributed by atoms with Gasteiger partial charge in [-0.05, 0) is 42.7 Å². The highest BCUT2D eigenvalue weighted by molar-refractivity contribution is 5.89. The second-order valence-electron chi connectivity index (χ2n) is 6.45. The highest BCUT2D eigenvalue weighted by atomic mass is 19.1. The first-order valence-electron chi connectivity index (χ1n) is 8.35. The van der Waals surface area contributed by atoms with E-state index in [1.165, 1.54) is 12.1 Å². The Morgan fingerprint density at radius 2 is 1.76 bits per heavy atom. The van der Waals surface area contributed by atoms with Gasteiger partial charge >= 0.3 is 6.03 Å². The summed E-state index contributed by atoms with van der Waals surface area (Å²) in [7, 11) is 0. The summed E-state index contributed by atoms with van der Waals surface area (Å²) in [4.78, 5) is 12.2. The van der Waals surface area contributed by atoms with Gasteiger partial charge < -0.3 is 20.1 Å². The molecular formula is C19H19FN2O3. The van der Waals surface area contributed by atoms with Gasteiger partial charge in [-0.2, -0.15) is 0 Å². The van der Waals surface area contributed by atoms with Crippen molar-refractivity contribution in [2.75, 3.05) is 25.1 Å². The van der Waals surface area contributed by atoms with Gasteiger partial charge in [-0.25, -0.2) is 9.18 Å². The number of nitrogens with one attached hydrogen (secondary N) is 2. The first-order valence-corrected chi connectivity index (χ1v) is 8.35. The molecule has 25 heavy (non-hydrogen) atoms. The van der Waals surface area contributed by atoms with Crippen LogP contribution in [0.25, 0.3) is 0 Å². The number of fused-ring (bicyclic) bond motifs is 1. The third-order valence-corrected chi connectivity index (χ3v) is 4.70. The molecule has 0 unspecified atom stereocenters. The van der Waals surface area contributed by atoms with Crippen molar-refractivity contribution in [3.8, 4) is 11.5 Å². The van der Waals surface area contributed by atoms with Crippen LogP contribution in [-0.4, -0.2) is 25.8 Å². The van der Waals surface area contributed by atoms with Gasteiger partial charge in [0.25, 0.3) is 0 Å². The molecule has 2 amide bonds. The lowest BCUT2D eigenvalue weighted by Gasteiger charge is -2.19. The predicted molar refractivity (Wildman–Crippen MR) is 91.8 cm³/mol. The summed E-state index contributed by atoms with van der Waals surface area (Å²) in [6.45, 7) is 1.56. The summed E-state index contributed by atoms with van der Waals surface area (Å²) in [5.74, 6) is 1.07. The molecule has 2 aliphatic rings. The maximum absolute atomic E-state index is 13.1. The van der Waals surface area contributed by atoms with Crippen LogP contribution in [0.2, 0.25) is 0 Å². The molecule has 4 rings (SSSR count). The number of rotatable bonds is 4. The van der Waals surface area contributed by atoms with E-state index in [0.717, 1.165) is 18.4 Å². The van der Waals surface area contributed by atoms with E-state index >= 15 is 0 Å². The molecule has 1 aliphatic carbocycles. The normalized spacial score (nSPS) is 16.8. The minimum Gasteiger partial charge on any atom is -0.486 e. The zero-order valence-corrected chi connectivity index (χ0v) is 13.7. The lowest BCUT2D eigenvalue weighted by atomic mass is 9.96. The van der Waals surface area contributed by atoms with Gasteiger partial charge in [0.1, 0.15) is 19.0 Å². The topological polar surface area (TPSA) is 59.6 Å². The predicted octanol–water partition coefficient (Wildman–Crippen LogP) is 3.45. The van der Waals surface area contributed by atoms with Crippen molar-refractivity contribution in [3.63, 3.8) is 0 Å². The van der Waals surface area contributed by atoms with E-state index in [4.69, 9.17) is 9.47 Å². The second-order valence-corrected chi connectivity index (χ2v) is 6.45. The van der Waals surface area contributed by atoms with Crippen LogP contribution in [0, 0.1) is 5.82 Å². The van der Waals surface area contributed by atoms with E-state index in [1.807, 2.05) is 0 Å². The fourth-order valence-corrected chi connectivity index (χ4v) is 3.07. The van der Waals surface area contributed by atoms with E-state index in [-0.39, 0.29) is 17.3 Å². The van der Waals surface area contributed by atoms with Gasteiger partial charge in [-0.3, -0.25) is 0 Å². The van der Waals surface area contributed by atoms with Crippen LogP contribution < -0.4 is 20.1 Å². The largest absolute Gasteiger partial charge is 0.486 e. The Hall–Kier alpha value is -2.76. The molecule has 6 heteroatoms. The first-order chi connectivity index (χ1) is 12.1. The SMILES string of the molecule is O=C(NCC1(c2ccc(F)cc2)CC1)Nc1ccc2c(c1)OCCO2. The fraction of sp³-hybridized carbons (Fsp3) is 0.316. The third-order valence-electron chi connectivity index (χ3n) is 4.70. The minimum atomic E-state index is -0.273. The maximum atomic E-state index is 13.1. The third kappa shape index (κ3) is 3.38. The summed E-state index contributed by atoms with van der Waals surface area (Å²) in [5, 5.41) is 5.72. The van der Waals surface area contributed by atoms with E-state index in [1.54, 1.807) is 30.3 Å². The molecule has 2 aromatic rings. The molecule has 0 radical (unpaired) electrons. The summed E-state index contributed by atoms with van der Waals surface area (Å²) < 4.78 is 24.0. The van der Waals surface area contributed by atoms with Crippen molar-refractivity contribution in [1.29, 1.82) is 0 Å². The van der Waals surface area contributed by atoms with Crippen LogP contribution in [-0.2, 0) is 5.41 Å². The Morgan fingerprint density at radius 3 is 2.48 bits per heavy atom. The van der Waals surface area contributed by atoms with Crippen LogP contribution in [0.15, 0.2) is 42.5 Å². The van der Waals surface area contributed by atoms with Gasteiger partial charge in [-0.1, -0.05) is 12.1 Å². The molecule has 1 saturated carbocycles. The van der Waals surface area contributed by atoms with Crippen molar-refractivity contribution in [2.45, 2.75) is 18.3 Å². The summed E-state index contributed by atoms with van der Waals surface area (Å²) >= 11 is 0. The van der Waals surface area contributed by atoms with E-state index in [0.29, 0.717) is 36.9 Å². The monoisotopic (exact) mass is 342 g/mol. The molecule has 130 valence electrons. The zero-order valence-electron chi connectivity index (χ0n) is 13.7. The highest BCUT2D eigenvalue weighted by Gasteiger charge is 2.44. The molecule has 0 saturated heterocycles. The average molecular weight is 342 g/mol. The molecule has 1 fully saturated rings. The number of halogens is 1. The van der Waals surface area contributed by atoms with Crippen LogP contribution in [0.5, 0.6) is 11.5 Å². The fourth-order valence-electron chi connectivity index (χ4n) is 3.07. The molecule has 0 aromatic heterocycles. The number of hydrogen-bond donors (Lipinski definition) is 2. The smallest absolute Gasteiger partial charge is 0.319 e. The van der Waals surface area contributed by atoms with Crippen LogP contribution in [0.4, 0.5) is 14.9 Å². The van der Waals surface area contributed by atoms with Gasteiger partial charge in [-0.15, -0.1) is 0 Å². The lowest BCUT2D eigenvalue weighted by Crippen LogP contribution is -2.35. The number of anilines is 1. The molecule has 1 aliphatic heterocycles. The Balaban J connectivity index is 1.36.